The van der Waals surface area contributed by atoms with Gasteiger partial charge in [-0.05, 0) is 44.9 Å². The summed E-state index contributed by atoms with van der Waals surface area (Å²) in [5, 5.41) is 9.39. The molecule has 1 atom stereocenters. The highest BCUT2D eigenvalue weighted by Gasteiger charge is 2.35. The molecule has 0 bridgehead atoms. The minimum absolute atomic E-state index is 0.0128. The van der Waals surface area contributed by atoms with Crippen LogP contribution in [-0.4, -0.2) is 29.9 Å². The summed E-state index contributed by atoms with van der Waals surface area (Å²) < 4.78 is 5.87. The third kappa shape index (κ3) is 3.67. The van der Waals surface area contributed by atoms with Crippen molar-refractivity contribution in [2.45, 2.75) is 52.2 Å². The van der Waals surface area contributed by atoms with Crippen LogP contribution in [0.5, 0.6) is 5.75 Å². The quantitative estimate of drug-likeness (QED) is 0.566. The molecule has 2 amide bonds. The predicted molar refractivity (Wildman–Crippen MR) is 92.4 cm³/mol. The lowest BCUT2D eigenvalue weighted by atomic mass is 10.0. The lowest BCUT2D eigenvalue weighted by molar-refractivity contribution is -0.127. The number of anilines is 1. The molecule has 7 nitrogen and oxygen atoms in total. The Hall–Kier alpha value is -2.57. The molecule has 1 aliphatic rings. The normalized spacial score (nSPS) is 16.6. The van der Waals surface area contributed by atoms with Crippen molar-refractivity contribution in [2.24, 2.45) is 5.73 Å². The van der Waals surface area contributed by atoms with Crippen LogP contribution in [0.2, 0.25) is 0 Å². The van der Waals surface area contributed by atoms with Gasteiger partial charge >= 0.3 is 0 Å². The lowest BCUT2D eigenvalue weighted by Crippen LogP contribution is -2.49. The summed E-state index contributed by atoms with van der Waals surface area (Å²) in [6.07, 6.45) is 1.97. The summed E-state index contributed by atoms with van der Waals surface area (Å²) >= 11 is 0. The van der Waals surface area contributed by atoms with Crippen LogP contribution in [0, 0.1) is 5.41 Å². The molecular weight excluding hydrogens is 308 g/mol. The third-order valence-electron chi connectivity index (χ3n) is 3.85. The minimum Gasteiger partial charge on any atom is -0.478 e. The van der Waals surface area contributed by atoms with Crippen LogP contribution in [0.1, 0.15) is 50.4 Å². The van der Waals surface area contributed by atoms with Crippen LogP contribution < -0.4 is 20.7 Å². The molecule has 1 heterocycles. The van der Waals surface area contributed by atoms with Crippen LogP contribution in [-0.2, 0) is 4.79 Å². The van der Waals surface area contributed by atoms with Crippen molar-refractivity contribution in [3.63, 3.8) is 0 Å². The van der Waals surface area contributed by atoms with Crippen molar-refractivity contribution < 1.29 is 14.3 Å². The summed E-state index contributed by atoms with van der Waals surface area (Å²) in [5.74, 6) is -0.446. The number of hydrogen-bond donors (Lipinski definition) is 3. The van der Waals surface area contributed by atoms with Crippen molar-refractivity contribution in [3.8, 4) is 5.75 Å². The number of fused-ring (bicyclic) bond motifs is 1. The Morgan fingerprint density at radius 2 is 2.17 bits per heavy atom. The maximum atomic E-state index is 12.7. The number of ether oxygens (including phenoxy) is 1. The SMILES string of the molecule is CCCCC1Oc2cc(C(=O)NC(=N)N)ccc2N(C(C)C)C1=O. The molecule has 24 heavy (non-hydrogen) atoms. The Bertz CT molecular complexity index is 657. The average Bonchev–Trinajstić information content (AvgIpc) is 2.51. The Morgan fingerprint density at radius 1 is 1.46 bits per heavy atom. The summed E-state index contributed by atoms with van der Waals surface area (Å²) in [7, 11) is 0. The van der Waals surface area contributed by atoms with Crippen molar-refractivity contribution in [2.75, 3.05) is 4.90 Å². The number of guanidine groups is 1. The molecule has 1 unspecified atom stereocenters. The molecule has 0 aliphatic carbocycles. The fourth-order valence-corrected chi connectivity index (χ4v) is 2.73. The molecule has 7 heteroatoms. The molecule has 0 spiro atoms. The molecule has 1 aromatic carbocycles. The van der Waals surface area contributed by atoms with Crippen LogP contribution in [0.3, 0.4) is 0 Å². The standard InChI is InChI=1S/C17H24N4O3/c1-4-5-6-13-16(23)21(10(2)3)12-8-7-11(9-14(12)24-13)15(22)20-17(18)19/h7-10,13H,4-6H2,1-3H3,(H4,18,19,20,22). The zero-order chi connectivity index (χ0) is 17.9. The highest BCUT2D eigenvalue weighted by molar-refractivity contribution is 6.06. The topological polar surface area (TPSA) is 109 Å². The van der Waals surface area contributed by atoms with Crippen molar-refractivity contribution in [1.29, 1.82) is 5.41 Å². The number of rotatable bonds is 5. The summed E-state index contributed by atoms with van der Waals surface area (Å²) in [6.45, 7) is 5.95. The van der Waals surface area contributed by atoms with E-state index in [1.165, 1.54) is 0 Å². The largest absolute Gasteiger partial charge is 0.478 e. The van der Waals surface area contributed by atoms with E-state index in [4.69, 9.17) is 15.9 Å². The van der Waals surface area contributed by atoms with Gasteiger partial charge in [0, 0.05) is 11.6 Å². The number of hydrogen-bond acceptors (Lipinski definition) is 4. The maximum absolute atomic E-state index is 12.7. The fourth-order valence-electron chi connectivity index (χ4n) is 2.73. The molecule has 1 aliphatic heterocycles. The van der Waals surface area contributed by atoms with E-state index in [1.54, 1.807) is 23.1 Å². The zero-order valence-electron chi connectivity index (χ0n) is 14.3. The molecule has 0 radical (unpaired) electrons. The maximum Gasteiger partial charge on any atom is 0.268 e. The number of nitrogens with one attached hydrogen (secondary N) is 2. The van der Waals surface area contributed by atoms with Crippen molar-refractivity contribution >= 4 is 23.5 Å². The molecule has 0 fully saturated rings. The van der Waals surface area contributed by atoms with Gasteiger partial charge in [0.2, 0.25) is 0 Å². The van der Waals surface area contributed by atoms with E-state index in [0.29, 0.717) is 23.4 Å². The van der Waals surface area contributed by atoms with Gasteiger partial charge < -0.3 is 15.4 Å². The van der Waals surface area contributed by atoms with E-state index in [1.807, 2.05) is 13.8 Å². The van der Waals surface area contributed by atoms with E-state index in [9.17, 15) is 9.59 Å². The Kier molecular flexibility index (Phi) is 5.43. The monoisotopic (exact) mass is 332 g/mol. The molecular formula is C17H24N4O3. The highest BCUT2D eigenvalue weighted by atomic mass is 16.5. The second-order valence-electron chi connectivity index (χ2n) is 6.10. The molecule has 0 aromatic heterocycles. The first-order chi connectivity index (χ1) is 11.3. The van der Waals surface area contributed by atoms with Gasteiger partial charge in [0.05, 0.1) is 5.69 Å². The number of unbranched alkanes of at least 4 members (excludes halogenated alkanes) is 1. The van der Waals surface area contributed by atoms with Gasteiger partial charge in [-0.3, -0.25) is 20.3 Å². The number of nitrogens with zero attached hydrogens (tertiary/aromatic N) is 1. The fraction of sp³-hybridized carbons (Fsp3) is 0.471. The first-order valence-corrected chi connectivity index (χ1v) is 8.14. The molecule has 0 saturated carbocycles. The Morgan fingerprint density at radius 3 is 2.75 bits per heavy atom. The number of amides is 2. The van der Waals surface area contributed by atoms with Gasteiger partial charge in [-0.2, -0.15) is 0 Å². The molecule has 2 rings (SSSR count). The zero-order valence-corrected chi connectivity index (χ0v) is 14.3. The van der Waals surface area contributed by atoms with E-state index in [0.717, 1.165) is 12.8 Å². The molecule has 4 N–H and O–H groups in total. The highest BCUT2D eigenvalue weighted by Crippen LogP contribution is 2.37. The van der Waals surface area contributed by atoms with Gasteiger partial charge in [0.1, 0.15) is 5.75 Å². The first-order valence-electron chi connectivity index (χ1n) is 8.14. The third-order valence-corrected chi connectivity index (χ3v) is 3.85. The second-order valence-corrected chi connectivity index (χ2v) is 6.10. The average molecular weight is 332 g/mol. The number of benzene rings is 1. The molecule has 0 saturated heterocycles. The first kappa shape index (κ1) is 17.8. The second kappa shape index (κ2) is 7.33. The van der Waals surface area contributed by atoms with Crippen LogP contribution in [0.4, 0.5) is 5.69 Å². The summed E-state index contributed by atoms with van der Waals surface area (Å²) in [4.78, 5) is 26.4. The van der Waals surface area contributed by atoms with Gasteiger partial charge in [0.25, 0.3) is 11.8 Å². The van der Waals surface area contributed by atoms with Crippen LogP contribution in [0.15, 0.2) is 18.2 Å². The summed E-state index contributed by atoms with van der Waals surface area (Å²) in [5.41, 5.74) is 6.18. The molecule has 1 aromatic rings. The van der Waals surface area contributed by atoms with Crippen molar-refractivity contribution in [1.82, 2.24) is 5.32 Å². The lowest BCUT2D eigenvalue weighted by Gasteiger charge is -2.37. The molecule has 130 valence electrons. The van der Waals surface area contributed by atoms with Gasteiger partial charge in [-0.1, -0.05) is 13.3 Å². The van der Waals surface area contributed by atoms with Gasteiger partial charge in [0.15, 0.2) is 12.1 Å². The Labute approximate surface area is 141 Å². The Balaban J connectivity index is 2.36. The van der Waals surface area contributed by atoms with Crippen molar-refractivity contribution in [3.05, 3.63) is 23.8 Å². The minimum atomic E-state index is -0.536. The van der Waals surface area contributed by atoms with E-state index < -0.39 is 18.0 Å². The smallest absolute Gasteiger partial charge is 0.268 e. The van der Waals surface area contributed by atoms with E-state index in [2.05, 4.69) is 12.2 Å². The number of carbonyl (C=O) groups excluding carboxylic acids is 2. The summed E-state index contributed by atoms with van der Waals surface area (Å²) in [6, 6.07) is 4.86. The van der Waals surface area contributed by atoms with E-state index >= 15 is 0 Å². The van der Waals surface area contributed by atoms with Crippen LogP contribution in [0.25, 0.3) is 0 Å². The number of nitrogens with two attached hydrogens (primary N) is 1. The van der Waals surface area contributed by atoms with E-state index in [-0.39, 0.29) is 11.9 Å². The van der Waals surface area contributed by atoms with Gasteiger partial charge in [-0.25, -0.2) is 0 Å². The predicted octanol–water partition coefficient (Wildman–Crippen LogP) is 2.00. The number of carbonyl (C=O) groups is 2. The van der Waals surface area contributed by atoms with Crippen LogP contribution >= 0.6 is 0 Å². The van der Waals surface area contributed by atoms with Gasteiger partial charge in [-0.15, -0.1) is 0 Å².